The molecule has 1 aliphatic heterocycles. The van der Waals surface area contributed by atoms with Gasteiger partial charge in [0.15, 0.2) is 0 Å². The summed E-state index contributed by atoms with van der Waals surface area (Å²) in [5, 5.41) is 7.02. The summed E-state index contributed by atoms with van der Waals surface area (Å²) in [5.74, 6) is 0.403. The molecule has 0 unspecified atom stereocenters. The van der Waals surface area contributed by atoms with E-state index in [1.807, 2.05) is 0 Å². The smallest absolute Gasteiger partial charge is 0.290 e. The fraction of sp³-hybridized carbons (Fsp3) is 0.400. The number of halogens is 1. The first kappa shape index (κ1) is 14.6. The second-order valence-electron chi connectivity index (χ2n) is 5.31. The monoisotopic (exact) mass is 304 g/mol. The molecule has 7 heteroatoms. The molecule has 116 valence electrons. The first-order valence-electron chi connectivity index (χ1n) is 7.19. The number of hydrogen-bond donors (Lipinski definition) is 1. The number of amides is 1. The van der Waals surface area contributed by atoms with Gasteiger partial charge < -0.3 is 10.1 Å². The zero-order valence-corrected chi connectivity index (χ0v) is 12.3. The Labute approximate surface area is 127 Å². The molecule has 1 saturated heterocycles. The van der Waals surface area contributed by atoms with Gasteiger partial charge in [-0.05, 0) is 37.6 Å². The molecular weight excluding hydrogens is 287 g/mol. The molecule has 0 bridgehead atoms. The van der Waals surface area contributed by atoms with E-state index >= 15 is 0 Å². The van der Waals surface area contributed by atoms with E-state index in [1.54, 1.807) is 19.1 Å². The lowest BCUT2D eigenvalue weighted by molar-refractivity contribution is 0.0934. The van der Waals surface area contributed by atoms with Crippen molar-refractivity contribution < 1.29 is 13.9 Å². The van der Waals surface area contributed by atoms with Crippen LogP contribution in [0.5, 0.6) is 0 Å². The zero-order chi connectivity index (χ0) is 15.5. The maximum atomic E-state index is 13.0. The fourth-order valence-corrected chi connectivity index (χ4v) is 2.37. The molecule has 1 amide bonds. The lowest BCUT2D eigenvalue weighted by Crippen LogP contribution is -2.30. The Bertz CT molecular complexity index is 663. The first-order chi connectivity index (χ1) is 10.6. The highest BCUT2D eigenvalue weighted by atomic mass is 19.1. The van der Waals surface area contributed by atoms with Crippen molar-refractivity contribution in [3.05, 3.63) is 41.7 Å². The quantitative estimate of drug-likeness (QED) is 0.929. The lowest BCUT2D eigenvalue weighted by Gasteiger charge is -2.07. The van der Waals surface area contributed by atoms with Crippen LogP contribution in [-0.4, -0.2) is 40.4 Å². The number of hydrogen-bond acceptors (Lipinski definition) is 4. The minimum absolute atomic E-state index is 0.112. The molecule has 1 aromatic carbocycles. The average Bonchev–Trinajstić information content (AvgIpc) is 3.15. The molecule has 1 N–H and O–H groups in total. The standard InChI is InChI=1S/C15H17FN4O2/c1-10-18-14(15(21)17-8-11-6-7-22-9-11)19-20(10)13-4-2-12(16)3-5-13/h2-5,11H,6-9H2,1H3,(H,17,21)/t11-/m0/s1. The second-order valence-corrected chi connectivity index (χ2v) is 5.31. The predicted molar refractivity (Wildman–Crippen MR) is 77.3 cm³/mol. The Morgan fingerprint density at radius 1 is 1.45 bits per heavy atom. The molecule has 1 fully saturated rings. The van der Waals surface area contributed by atoms with Gasteiger partial charge in [-0.15, -0.1) is 5.10 Å². The van der Waals surface area contributed by atoms with Crippen LogP contribution in [0.4, 0.5) is 4.39 Å². The largest absolute Gasteiger partial charge is 0.381 e. The molecule has 22 heavy (non-hydrogen) atoms. The molecule has 6 nitrogen and oxygen atoms in total. The fourth-order valence-electron chi connectivity index (χ4n) is 2.37. The highest BCUT2D eigenvalue weighted by Gasteiger charge is 2.19. The van der Waals surface area contributed by atoms with E-state index in [4.69, 9.17) is 4.74 Å². The highest BCUT2D eigenvalue weighted by Crippen LogP contribution is 2.12. The Kier molecular flexibility index (Phi) is 4.15. The average molecular weight is 304 g/mol. The van der Waals surface area contributed by atoms with Crippen molar-refractivity contribution in [1.82, 2.24) is 20.1 Å². The maximum Gasteiger partial charge on any atom is 0.290 e. The van der Waals surface area contributed by atoms with Crippen LogP contribution in [0.15, 0.2) is 24.3 Å². The Morgan fingerprint density at radius 3 is 2.91 bits per heavy atom. The summed E-state index contributed by atoms with van der Waals surface area (Å²) in [6.45, 7) is 3.73. The number of benzene rings is 1. The van der Waals surface area contributed by atoms with Crippen molar-refractivity contribution in [3.8, 4) is 5.69 Å². The van der Waals surface area contributed by atoms with E-state index in [0.29, 0.717) is 30.6 Å². The van der Waals surface area contributed by atoms with E-state index < -0.39 is 0 Å². The van der Waals surface area contributed by atoms with Crippen LogP contribution in [0.3, 0.4) is 0 Å². The predicted octanol–water partition coefficient (Wildman–Crippen LogP) is 1.48. The van der Waals surface area contributed by atoms with Gasteiger partial charge in [-0.3, -0.25) is 4.79 Å². The Morgan fingerprint density at radius 2 is 2.23 bits per heavy atom. The normalized spacial score (nSPS) is 17.6. The van der Waals surface area contributed by atoms with E-state index in [0.717, 1.165) is 13.0 Å². The van der Waals surface area contributed by atoms with Gasteiger partial charge in [0.1, 0.15) is 11.6 Å². The molecule has 0 aliphatic carbocycles. The molecule has 0 spiro atoms. The summed E-state index contributed by atoms with van der Waals surface area (Å²) >= 11 is 0. The van der Waals surface area contributed by atoms with E-state index in [-0.39, 0.29) is 17.5 Å². The number of aryl methyl sites for hydroxylation is 1. The number of nitrogens with zero attached hydrogens (tertiary/aromatic N) is 3. The second kappa shape index (κ2) is 6.23. The van der Waals surface area contributed by atoms with E-state index in [1.165, 1.54) is 16.8 Å². The number of carbonyl (C=O) groups excluding carboxylic acids is 1. The molecule has 1 aromatic heterocycles. The SMILES string of the molecule is Cc1nc(C(=O)NC[C@@H]2CCOC2)nn1-c1ccc(F)cc1. The van der Waals surface area contributed by atoms with Gasteiger partial charge in [0.25, 0.3) is 5.91 Å². The third-order valence-corrected chi connectivity index (χ3v) is 3.62. The summed E-state index contributed by atoms with van der Waals surface area (Å²) in [5.41, 5.74) is 0.662. The van der Waals surface area contributed by atoms with Crippen molar-refractivity contribution in [2.75, 3.05) is 19.8 Å². The van der Waals surface area contributed by atoms with Gasteiger partial charge in [0, 0.05) is 19.1 Å². The van der Waals surface area contributed by atoms with Crippen molar-refractivity contribution in [1.29, 1.82) is 0 Å². The van der Waals surface area contributed by atoms with Crippen molar-refractivity contribution in [2.24, 2.45) is 5.92 Å². The maximum absolute atomic E-state index is 13.0. The Hall–Kier alpha value is -2.28. The molecular formula is C15H17FN4O2. The molecule has 0 saturated carbocycles. The number of nitrogens with one attached hydrogen (secondary N) is 1. The van der Waals surface area contributed by atoms with Crippen LogP contribution in [0.1, 0.15) is 22.9 Å². The van der Waals surface area contributed by atoms with Crippen LogP contribution < -0.4 is 5.32 Å². The molecule has 2 heterocycles. The summed E-state index contributed by atoms with van der Waals surface area (Å²) in [6, 6.07) is 5.87. The van der Waals surface area contributed by atoms with Crippen molar-refractivity contribution in [3.63, 3.8) is 0 Å². The van der Waals surface area contributed by atoms with Crippen LogP contribution >= 0.6 is 0 Å². The number of rotatable bonds is 4. The Balaban J connectivity index is 1.70. The molecule has 1 aliphatic rings. The van der Waals surface area contributed by atoms with Crippen molar-refractivity contribution in [2.45, 2.75) is 13.3 Å². The number of aromatic nitrogens is 3. The van der Waals surface area contributed by atoms with Gasteiger partial charge in [0.05, 0.1) is 12.3 Å². The van der Waals surface area contributed by atoms with Gasteiger partial charge in [0.2, 0.25) is 5.82 Å². The molecule has 0 radical (unpaired) electrons. The summed E-state index contributed by atoms with van der Waals surface area (Å²) in [6.07, 6.45) is 0.955. The van der Waals surface area contributed by atoms with Crippen LogP contribution in [0.2, 0.25) is 0 Å². The summed E-state index contributed by atoms with van der Waals surface area (Å²) in [4.78, 5) is 16.3. The third kappa shape index (κ3) is 3.14. The summed E-state index contributed by atoms with van der Waals surface area (Å²) < 4.78 is 19.8. The van der Waals surface area contributed by atoms with Gasteiger partial charge in [-0.25, -0.2) is 14.1 Å². The van der Waals surface area contributed by atoms with Gasteiger partial charge >= 0.3 is 0 Å². The minimum atomic E-state index is -0.321. The molecule has 3 rings (SSSR count). The van der Waals surface area contributed by atoms with Crippen LogP contribution in [0.25, 0.3) is 5.69 Å². The van der Waals surface area contributed by atoms with E-state index in [2.05, 4.69) is 15.4 Å². The lowest BCUT2D eigenvalue weighted by atomic mass is 10.1. The number of carbonyl (C=O) groups is 1. The van der Waals surface area contributed by atoms with E-state index in [9.17, 15) is 9.18 Å². The van der Waals surface area contributed by atoms with Gasteiger partial charge in [-0.1, -0.05) is 0 Å². The zero-order valence-electron chi connectivity index (χ0n) is 12.3. The molecule has 2 aromatic rings. The molecule has 1 atom stereocenters. The van der Waals surface area contributed by atoms with Gasteiger partial charge in [-0.2, -0.15) is 0 Å². The summed E-state index contributed by atoms with van der Waals surface area (Å²) in [7, 11) is 0. The first-order valence-corrected chi connectivity index (χ1v) is 7.19. The van der Waals surface area contributed by atoms with Crippen LogP contribution in [-0.2, 0) is 4.74 Å². The van der Waals surface area contributed by atoms with Crippen LogP contribution in [0, 0.1) is 18.7 Å². The topological polar surface area (TPSA) is 69.0 Å². The number of ether oxygens (including phenoxy) is 1. The highest BCUT2D eigenvalue weighted by molar-refractivity contribution is 5.90. The third-order valence-electron chi connectivity index (χ3n) is 3.62. The van der Waals surface area contributed by atoms with Crippen molar-refractivity contribution >= 4 is 5.91 Å². The minimum Gasteiger partial charge on any atom is -0.381 e.